The Morgan fingerprint density at radius 2 is 1.50 bits per heavy atom. The van der Waals surface area contributed by atoms with Gasteiger partial charge in [-0.3, -0.25) is 4.39 Å². The molecule has 2 aromatic rings. The Kier molecular flexibility index (Phi) is 8.73. The molecule has 0 nitrogen and oxygen atoms in total. The second-order valence-corrected chi connectivity index (χ2v) is 7.13. The van der Waals surface area contributed by atoms with Crippen molar-refractivity contribution >= 4 is 0 Å². The average Bonchev–Trinajstić information content (AvgIpc) is 2.64. The number of aryl methyl sites for hydroxylation is 1. The third-order valence-electron chi connectivity index (χ3n) is 5.14. The Balaban J connectivity index is 0.000000254. The predicted octanol–water partition coefficient (Wildman–Crippen LogP) is 7.24. The lowest BCUT2D eigenvalue weighted by Gasteiger charge is -2.28. The number of benzene rings is 2. The maximum absolute atomic E-state index is 12.3. The molecule has 26 heavy (non-hydrogen) atoms. The summed E-state index contributed by atoms with van der Waals surface area (Å²) in [6, 6.07) is 13.7. The SMILES string of the molecule is CCCc1ccc(C2CCC(CCF)CC2)cc1.Fc1cccc(F)c1. The van der Waals surface area contributed by atoms with Crippen molar-refractivity contribution in [3.8, 4) is 0 Å². The first-order valence-corrected chi connectivity index (χ1v) is 9.68. The third-order valence-corrected chi connectivity index (χ3v) is 5.14. The molecule has 0 unspecified atom stereocenters. The molecule has 3 rings (SSSR count). The molecule has 0 atom stereocenters. The van der Waals surface area contributed by atoms with Crippen molar-refractivity contribution in [1.82, 2.24) is 0 Å². The van der Waals surface area contributed by atoms with Crippen LogP contribution in [0.25, 0.3) is 0 Å². The maximum Gasteiger partial charge on any atom is 0.126 e. The van der Waals surface area contributed by atoms with Crippen LogP contribution in [-0.4, -0.2) is 6.67 Å². The highest BCUT2D eigenvalue weighted by Gasteiger charge is 2.21. The van der Waals surface area contributed by atoms with Gasteiger partial charge in [0.15, 0.2) is 0 Å². The van der Waals surface area contributed by atoms with Gasteiger partial charge in [-0.25, -0.2) is 8.78 Å². The van der Waals surface area contributed by atoms with E-state index in [2.05, 4.69) is 31.2 Å². The molecule has 0 bridgehead atoms. The van der Waals surface area contributed by atoms with Crippen LogP contribution >= 0.6 is 0 Å². The lowest BCUT2D eigenvalue weighted by Crippen LogP contribution is -2.13. The van der Waals surface area contributed by atoms with E-state index in [1.54, 1.807) is 0 Å². The van der Waals surface area contributed by atoms with Crippen LogP contribution in [0.15, 0.2) is 48.5 Å². The zero-order chi connectivity index (χ0) is 18.8. The molecule has 0 amide bonds. The van der Waals surface area contributed by atoms with E-state index >= 15 is 0 Å². The van der Waals surface area contributed by atoms with E-state index < -0.39 is 11.6 Å². The van der Waals surface area contributed by atoms with Crippen molar-refractivity contribution in [2.75, 3.05) is 6.67 Å². The van der Waals surface area contributed by atoms with Gasteiger partial charge < -0.3 is 0 Å². The van der Waals surface area contributed by atoms with Gasteiger partial charge in [-0.1, -0.05) is 43.7 Å². The van der Waals surface area contributed by atoms with Crippen molar-refractivity contribution in [3.63, 3.8) is 0 Å². The van der Waals surface area contributed by atoms with Crippen LogP contribution in [0.5, 0.6) is 0 Å². The highest BCUT2D eigenvalue weighted by molar-refractivity contribution is 5.25. The van der Waals surface area contributed by atoms with Crippen LogP contribution in [0.1, 0.15) is 62.5 Å². The molecule has 1 aliphatic rings. The summed E-state index contributed by atoms with van der Waals surface area (Å²) in [5.41, 5.74) is 2.95. The monoisotopic (exact) mass is 362 g/mol. The van der Waals surface area contributed by atoms with E-state index in [-0.39, 0.29) is 6.67 Å². The molecular weight excluding hydrogens is 333 g/mol. The summed E-state index contributed by atoms with van der Waals surface area (Å²) < 4.78 is 36.2. The summed E-state index contributed by atoms with van der Waals surface area (Å²) >= 11 is 0. The molecule has 0 aromatic heterocycles. The zero-order valence-corrected chi connectivity index (χ0v) is 15.6. The molecule has 0 heterocycles. The van der Waals surface area contributed by atoms with E-state index in [4.69, 9.17) is 0 Å². The van der Waals surface area contributed by atoms with Gasteiger partial charge in [0.2, 0.25) is 0 Å². The average molecular weight is 362 g/mol. The fourth-order valence-corrected chi connectivity index (χ4v) is 3.64. The molecule has 0 N–H and O–H groups in total. The molecular formula is C23H29F3. The van der Waals surface area contributed by atoms with E-state index in [0.717, 1.165) is 18.4 Å². The van der Waals surface area contributed by atoms with E-state index in [9.17, 15) is 13.2 Å². The minimum Gasteiger partial charge on any atom is -0.251 e. The molecule has 1 saturated carbocycles. The summed E-state index contributed by atoms with van der Waals surface area (Å²) in [6.45, 7) is 2.08. The molecule has 0 spiro atoms. The minimum atomic E-state index is -0.537. The van der Waals surface area contributed by atoms with Gasteiger partial charge in [0.1, 0.15) is 11.6 Å². The minimum absolute atomic E-state index is 0.138. The van der Waals surface area contributed by atoms with E-state index in [1.807, 2.05) is 0 Å². The number of alkyl halides is 1. The van der Waals surface area contributed by atoms with Crippen molar-refractivity contribution in [2.45, 2.75) is 57.8 Å². The van der Waals surface area contributed by atoms with Crippen LogP contribution in [0.4, 0.5) is 13.2 Å². The van der Waals surface area contributed by atoms with E-state index in [1.165, 1.54) is 67.9 Å². The first kappa shape index (κ1) is 20.5. The molecule has 1 aliphatic carbocycles. The highest BCUT2D eigenvalue weighted by atomic mass is 19.1. The maximum atomic E-state index is 12.3. The molecule has 3 heteroatoms. The quantitative estimate of drug-likeness (QED) is 0.526. The van der Waals surface area contributed by atoms with Gasteiger partial charge in [-0.15, -0.1) is 0 Å². The Morgan fingerprint density at radius 1 is 0.885 bits per heavy atom. The molecule has 0 saturated heterocycles. The topological polar surface area (TPSA) is 0 Å². The Bertz CT molecular complexity index is 611. The van der Waals surface area contributed by atoms with Crippen molar-refractivity contribution in [1.29, 1.82) is 0 Å². The molecule has 1 fully saturated rings. The van der Waals surface area contributed by atoms with Crippen LogP contribution < -0.4 is 0 Å². The number of halogens is 3. The summed E-state index contributed by atoms with van der Waals surface area (Å²) in [5.74, 6) is 0.289. The van der Waals surface area contributed by atoms with Gasteiger partial charge in [0.25, 0.3) is 0 Å². The van der Waals surface area contributed by atoms with Crippen LogP contribution in [0, 0.1) is 17.6 Å². The fourth-order valence-electron chi connectivity index (χ4n) is 3.64. The van der Waals surface area contributed by atoms with Crippen molar-refractivity contribution in [2.24, 2.45) is 5.92 Å². The summed E-state index contributed by atoms with van der Waals surface area (Å²) in [7, 11) is 0. The van der Waals surface area contributed by atoms with Gasteiger partial charge in [0, 0.05) is 6.07 Å². The molecule has 2 aromatic carbocycles. The smallest absolute Gasteiger partial charge is 0.126 e. The van der Waals surface area contributed by atoms with Gasteiger partial charge in [-0.05, 0) is 73.6 Å². The standard InChI is InChI=1S/C17H25F.C6H4F2/c1-2-3-14-4-8-16(9-5-14)17-10-6-15(7-11-17)12-13-18;7-5-2-1-3-6(8)4-5/h4-5,8-9,15,17H,2-3,6-7,10-13H2,1H3;1-4H. The van der Waals surface area contributed by atoms with Crippen LogP contribution in [-0.2, 0) is 6.42 Å². The zero-order valence-electron chi connectivity index (χ0n) is 15.6. The number of hydrogen-bond acceptors (Lipinski definition) is 0. The second kappa shape index (κ2) is 11.1. The third kappa shape index (κ3) is 6.86. The summed E-state index contributed by atoms with van der Waals surface area (Å²) in [5, 5.41) is 0. The number of rotatable bonds is 5. The van der Waals surface area contributed by atoms with Crippen molar-refractivity contribution < 1.29 is 13.2 Å². The largest absolute Gasteiger partial charge is 0.251 e. The molecule has 0 radical (unpaired) electrons. The van der Waals surface area contributed by atoms with Crippen LogP contribution in [0.3, 0.4) is 0 Å². The lowest BCUT2D eigenvalue weighted by atomic mass is 9.77. The highest BCUT2D eigenvalue weighted by Crippen LogP contribution is 2.37. The second-order valence-electron chi connectivity index (χ2n) is 7.13. The van der Waals surface area contributed by atoms with Gasteiger partial charge in [0.05, 0.1) is 6.67 Å². The first-order valence-electron chi connectivity index (χ1n) is 9.68. The number of hydrogen-bond donors (Lipinski definition) is 0. The molecule has 142 valence electrons. The van der Waals surface area contributed by atoms with E-state index in [0.29, 0.717) is 5.92 Å². The Labute approximate surface area is 155 Å². The lowest BCUT2D eigenvalue weighted by molar-refractivity contribution is 0.283. The summed E-state index contributed by atoms with van der Waals surface area (Å²) in [6.07, 6.45) is 8.10. The fraction of sp³-hybridized carbons (Fsp3) is 0.478. The van der Waals surface area contributed by atoms with Gasteiger partial charge >= 0.3 is 0 Å². The molecule has 0 aliphatic heterocycles. The van der Waals surface area contributed by atoms with Crippen LogP contribution in [0.2, 0.25) is 0 Å². The summed E-state index contributed by atoms with van der Waals surface area (Å²) in [4.78, 5) is 0. The van der Waals surface area contributed by atoms with Crippen molar-refractivity contribution in [3.05, 3.63) is 71.3 Å². The Morgan fingerprint density at radius 3 is 1.96 bits per heavy atom. The van der Waals surface area contributed by atoms with Gasteiger partial charge in [-0.2, -0.15) is 0 Å². The normalized spacial score (nSPS) is 19.5. The first-order chi connectivity index (χ1) is 12.6. The predicted molar refractivity (Wildman–Crippen MR) is 102 cm³/mol. The Hall–Kier alpha value is -1.77.